The first-order valence-corrected chi connectivity index (χ1v) is 9.95. The Hall–Kier alpha value is -1.43. The number of hydrogen-bond acceptors (Lipinski definition) is 4. The smallest absolute Gasteiger partial charge is 0.316 e. The third kappa shape index (κ3) is 2.96. The Morgan fingerprint density at radius 3 is 2.50 bits per heavy atom. The lowest BCUT2D eigenvalue weighted by molar-refractivity contribution is -0.956. The Kier molecular flexibility index (Phi) is 4.80. The summed E-state index contributed by atoms with van der Waals surface area (Å²) in [4.78, 5) is 12.7. The van der Waals surface area contributed by atoms with E-state index in [1.165, 1.54) is 19.4 Å². The molecule has 1 aromatic carbocycles. The summed E-state index contributed by atoms with van der Waals surface area (Å²) in [5.74, 6) is -0.898. The third-order valence-electron chi connectivity index (χ3n) is 6.79. The summed E-state index contributed by atoms with van der Waals surface area (Å²) in [6.45, 7) is 3.20. The number of quaternary nitrogens is 1. The maximum absolute atomic E-state index is 12.7. The van der Waals surface area contributed by atoms with Crippen LogP contribution in [0.15, 0.2) is 30.3 Å². The van der Waals surface area contributed by atoms with Crippen molar-refractivity contribution in [2.75, 3.05) is 20.2 Å². The second-order valence-corrected chi connectivity index (χ2v) is 8.30. The topological polar surface area (TPSA) is 59.1 Å². The summed E-state index contributed by atoms with van der Waals surface area (Å²) in [6, 6.07) is 10.3. The van der Waals surface area contributed by atoms with Crippen molar-refractivity contribution in [1.29, 1.82) is 0 Å². The second kappa shape index (κ2) is 6.95. The van der Waals surface area contributed by atoms with Gasteiger partial charge in [0.05, 0.1) is 20.2 Å². The van der Waals surface area contributed by atoms with Crippen molar-refractivity contribution in [3.63, 3.8) is 0 Å². The molecule has 0 aliphatic carbocycles. The predicted octanol–water partition coefficient (Wildman–Crippen LogP) is 2.23. The van der Waals surface area contributed by atoms with Crippen LogP contribution in [0.3, 0.4) is 0 Å². The van der Waals surface area contributed by atoms with Crippen LogP contribution in [-0.4, -0.2) is 66.2 Å². The number of unbranched alkanes of at least 4 members (excludes halogenated alkanes) is 1. The number of hydrogen-bond donors (Lipinski definition) is 1. The number of carbonyl (C=O) groups is 1. The van der Waals surface area contributed by atoms with E-state index in [4.69, 9.17) is 9.47 Å². The van der Waals surface area contributed by atoms with Gasteiger partial charge in [-0.1, -0.05) is 43.7 Å². The SMILES string of the molecule is CCCC[N+]1(C)[C@@H]2CC(OC(=O)[C@H](CO)c3ccccc3)C[C@H]1[C@H]1O[C@@H]12. The van der Waals surface area contributed by atoms with E-state index in [9.17, 15) is 9.90 Å². The van der Waals surface area contributed by atoms with Crippen molar-refractivity contribution in [1.82, 2.24) is 0 Å². The number of benzene rings is 1. The largest absolute Gasteiger partial charge is 0.461 e. The molecule has 3 aliphatic rings. The number of nitrogens with zero attached hydrogens (tertiary/aromatic N) is 1. The van der Waals surface area contributed by atoms with Crippen LogP contribution in [0, 0.1) is 0 Å². The Morgan fingerprint density at radius 2 is 1.92 bits per heavy atom. The number of morpholine rings is 1. The van der Waals surface area contributed by atoms with Gasteiger partial charge in [-0.05, 0) is 12.0 Å². The standard InChI is InChI=1S/C21H30NO4/c1-3-4-10-22(2)17-11-15(12-18(22)20-19(17)26-20)25-21(24)16(13-23)14-8-6-5-7-9-14/h5-9,15-20,23H,3-4,10-13H2,1-2H3/q+1/t15?,16-,17-,18+,19-,20-,22?/m1/s1. The molecule has 0 spiro atoms. The number of epoxide rings is 1. The number of likely N-dealkylation sites (N-methyl/N-ethyl adjacent to an activating group) is 1. The van der Waals surface area contributed by atoms with Gasteiger partial charge in [0.15, 0.2) is 0 Å². The van der Waals surface area contributed by atoms with Gasteiger partial charge < -0.3 is 19.1 Å². The maximum Gasteiger partial charge on any atom is 0.316 e. The summed E-state index contributed by atoms with van der Waals surface area (Å²) < 4.78 is 12.9. The van der Waals surface area contributed by atoms with Crippen LogP contribution in [-0.2, 0) is 14.3 Å². The fourth-order valence-corrected chi connectivity index (χ4v) is 5.23. The minimum Gasteiger partial charge on any atom is -0.461 e. The molecule has 3 fully saturated rings. The van der Waals surface area contributed by atoms with Crippen molar-refractivity contribution < 1.29 is 23.9 Å². The van der Waals surface area contributed by atoms with Gasteiger partial charge in [0.25, 0.3) is 0 Å². The molecule has 7 atom stereocenters. The molecular weight excluding hydrogens is 330 g/mol. The number of aliphatic hydroxyl groups excluding tert-OH is 1. The minimum absolute atomic E-state index is 0.0560. The number of ether oxygens (including phenoxy) is 2. The summed E-state index contributed by atoms with van der Waals surface area (Å²) in [5, 5.41) is 9.70. The van der Waals surface area contributed by atoms with E-state index >= 15 is 0 Å². The Morgan fingerprint density at radius 1 is 1.27 bits per heavy atom. The van der Waals surface area contributed by atoms with E-state index in [2.05, 4.69) is 14.0 Å². The number of rotatable bonds is 7. The van der Waals surface area contributed by atoms with Crippen LogP contribution in [0.2, 0.25) is 0 Å². The molecule has 4 rings (SSSR count). The molecule has 3 saturated heterocycles. The zero-order chi connectivity index (χ0) is 18.3. The average molecular weight is 360 g/mol. The number of fused-ring (bicyclic) bond motifs is 5. The molecule has 142 valence electrons. The monoisotopic (exact) mass is 360 g/mol. The Balaban J connectivity index is 1.42. The highest BCUT2D eigenvalue weighted by Crippen LogP contribution is 2.52. The van der Waals surface area contributed by atoms with Crippen molar-refractivity contribution in [3.05, 3.63) is 35.9 Å². The van der Waals surface area contributed by atoms with Gasteiger partial charge >= 0.3 is 5.97 Å². The molecule has 0 radical (unpaired) electrons. The predicted molar refractivity (Wildman–Crippen MR) is 97.6 cm³/mol. The van der Waals surface area contributed by atoms with Crippen LogP contribution >= 0.6 is 0 Å². The van der Waals surface area contributed by atoms with Crippen LogP contribution in [0.4, 0.5) is 0 Å². The van der Waals surface area contributed by atoms with Crippen molar-refractivity contribution in [3.8, 4) is 0 Å². The highest BCUT2D eigenvalue weighted by molar-refractivity contribution is 5.78. The molecule has 0 amide bonds. The zero-order valence-electron chi connectivity index (χ0n) is 15.7. The normalized spacial score (nSPS) is 38.5. The molecule has 0 aromatic heterocycles. The molecule has 26 heavy (non-hydrogen) atoms. The molecule has 0 saturated carbocycles. The highest BCUT2D eigenvalue weighted by atomic mass is 16.6. The minimum atomic E-state index is -0.595. The number of piperidine rings is 1. The fraction of sp³-hybridized carbons (Fsp3) is 0.667. The first-order chi connectivity index (χ1) is 12.6. The third-order valence-corrected chi connectivity index (χ3v) is 6.79. The van der Waals surface area contributed by atoms with Crippen LogP contribution in [0.1, 0.15) is 44.1 Å². The number of esters is 1. The molecule has 3 aliphatic heterocycles. The van der Waals surface area contributed by atoms with Crippen molar-refractivity contribution in [2.24, 2.45) is 0 Å². The Bertz CT molecular complexity index is 631. The lowest BCUT2D eigenvalue weighted by Gasteiger charge is -2.48. The number of carbonyl (C=O) groups excluding carboxylic acids is 1. The Labute approximate surface area is 155 Å². The van der Waals surface area contributed by atoms with E-state index in [0.29, 0.717) is 24.3 Å². The first kappa shape index (κ1) is 18.0. The average Bonchev–Trinajstić information content (AvgIpc) is 3.40. The van der Waals surface area contributed by atoms with Crippen LogP contribution < -0.4 is 0 Å². The van der Waals surface area contributed by atoms with Gasteiger partial charge in [-0.2, -0.15) is 0 Å². The zero-order valence-corrected chi connectivity index (χ0v) is 15.7. The van der Waals surface area contributed by atoms with Gasteiger partial charge in [-0.25, -0.2) is 0 Å². The van der Waals surface area contributed by atoms with Crippen molar-refractivity contribution in [2.45, 2.75) is 68.9 Å². The van der Waals surface area contributed by atoms with Crippen LogP contribution in [0.25, 0.3) is 0 Å². The van der Waals surface area contributed by atoms with Gasteiger partial charge in [0, 0.05) is 12.8 Å². The molecular formula is C21H30NO4+. The summed E-state index contributed by atoms with van der Waals surface area (Å²) >= 11 is 0. The van der Waals surface area contributed by atoms with Crippen LogP contribution in [0.5, 0.6) is 0 Å². The van der Waals surface area contributed by atoms with Gasteiger partial charge in [-0.3, -0.25) is 4.79 Å². The fourth-order valence-electron chi connectivity index (χ4n) is 5.23. The summed E-state index contributed by atoms with van der Waals surface area (Å²) in [7, 11) is 2.36. The maximum atomic E-state index is 12.7. The van der Waals surface area contributed by atoms with Crippen molar-refractivity contribution >= 4 is 5.97 Å². The first-order valence-electron chi connectivity index (χ1n) is 9.95. The molecule has 1 aromatic rings. The molecule has 2 unspecified atom stereocenters. The molecule has 2 bridgehead atoms. The quantitative estimate of drug-likeness (QED) is 0.460. The highest BCUT2D eigenvalue weighted by Gasteiger charge is 2.71. The van der Waals surface area contributed by atoms with E-state index < -0.39 is 5.92 Å². The molecule has 5 nitrogen and oxygen atoms in total. The molecule has 5 heteroatoms. The lowest BCUT2D eigenvalue weighted by atomic mass is 9.94. The van der Waals surface area contributed by atoms with Gasteiger partial charge in [0.2, 0.25) is 0 Å². The van der Waals surface area contributed by atoms with E-state index in [1.807, 2.05) is 30.3 Å². The van der Waals surface area contributed by atoms with E-state index in [1.54, 1.807) is 0 Å². The number of aliphatic hydroxyl groups is 1. The van der Waals surface area contributed by atoms with Gasteiger partial charge in [0.1, 0.15) is 36.3 Å². The van der Waals surface area contributed by atoms with Gasteiger partial charge in [-0.15, -0.1) is 0 Å². The molecule has 3 heterocycles. The van der Waals surface area contributed by atoms with E-state index in [0.717, 1.165) is 22.9 Å². The summed E-state index contributed by atoms with van der Waals surface area (Å²) in [5.41, 5.74) is 0.813. The second-order valence-electron chi connectivity index (χ2n) is 8.30. The summed E-state index contributed by atoms with van der Waals surface area (Å²) in [6.07, 6.45) is 4.83. The lowest BCUT2D eigenvalue weighted by Crippen LogP contribution is -2.62. The molecule has 1 N–H and O–H groups in total. The van der Waals surface area contributed by atoms with E-state index in [-0.39, 0.29) is 18.7 Å².